The van der Waals surface area contributed by atoms with E-state index in [1.165, 1.54) is 20.1 Å². The number of aliphatic hydroxyl groups excluding tert-OH is 1. The zero-order valence-corrected chi connectivity index (χ0v) is 24.7. The summed E-state index contributed by atoms with van der Waals surface area (Å²) in [7, 11) is 1.53. The van der Waals surface area contributed by atoms with Crippen molar-refractivity contribution in [2.45, 2.75) is 115 Å². The van der Waals surface area contributed by atoms with E-state index < -0.39 is 36.0 Å². The molecule has 0 aromatic rings. The molecule has 0 spiro atoms. The third kappa shape index (κ3) is 10.1. The maximum Gasteiger partial charge on any atom is 0.303 e. The summed E-state index contributed by atoms with van der Waals surface area (Å²) in [6.07, 6.45) is 7.88. The summed E-state index contributed by atoms with van der Waals surface area (Å²) in [5.41, 5.74) is 2.22. The second-order valence-corrected chi connectivity index (χ2v) is 11.1. The van der Waals surface area contributed by atoms with Gasteiger partial charge in [0.1, 0.15) is 18.3 Å². The van der Waals surface area contributed by atoms with Gasteiger partial charge in [-0.2, -0.15) is 0 Å². The van der Waals surface area contributed by atoms with E-state index in [2.05, 4.69) is 23.7 Å². The van der Waals surface area contributed by atoms with Gasteiger partial charge in [0.05, 0.1) is 36.4 Å². The topological polar surface area (TPSA) is 158 Å². The van der Waals surface area contributed by atoms with Crippen LogP contribution in [0.2, 0.25) is 0 Å². The van der Waals surface area contributed by atoms with Crippen LogP contribution in [0.15, 0.2) is 36.0 Å². The Balaban J connectivity index is 1.94. The smallest absolute Gasteiger partial charge is 0.303 e. The summed E-state index contributed by atoms with van der Waals surface area (Å²) in [6.45, 7) is 10.8. The second kappa shape index (κ2) is 15.4. The number of allylic oxidation sites excluding steroid dienone is 2. The van der Waals surface area contributed by atoms with E-state index in [1.54, 1.807) is 26.0 Å². The lowest BCUT2D eigenvalue weighted by atomic mass is 9.84. The van der Waals surface area contributed by atoms with Gasteiger partial charge in [0.25, 0.3) is 0 Å². The summed E-state index contributed by atoms with van der Waals surface area (Å²) >= 11 is 0. The number of carbonyl (C=O) groups excluding carboxylic acids is 3. The molecule has 6 unspecified atom stereocenters. The van der Waals surface area contributed by atoms with Crippen molar-refractivity contribution in [1.82, 2.24) is 10.7 Å². The van der Waals surface area contributed by atoms with E-state index >= 15 is 0 Å². The lowest BCUT2D eigenvalue weighted by Gasteiger charge is -2.44. The van der Waals surface area contributed by atoms with Crippen molar-refractivity contribution in [3.63, 3.8) is 0 Å². The van der Waals surface area contributed by atoms with Crippen molar-refractivity contribution in [3.8, 4) is 0 Å². The average molecular weight is 566 g/mol. The van der Waals surface area contributed by atoms with Crippen LogP contribution in [0.5, 0.6) is 0 Å². The summed E-state index contributed by atoms with van der Waals surface area (Å²) in [5, 5.41) is 13.9. The van der Waals surface area contributed by atoms with Crippen molar-refractivity contribution in [3.05, 3.63) is 36.0 Å². The molecule has 0 aromatic heterocycles. The summed E-state index contributed by atoms with van der Waals surface area (Å²) in [4.78, 5) is 35.1. The quantitative estimate of drug-likeness (QED) is 0.0734. The predicted octanol–water partition coefficient (Wildman–Crippen LogP) is 1.99. The third-order valence-electron chi connectivity index (χ3n) is 7.60. The Bertz CT molecular complexity index is 967. The zero-order chi connectivity index (χ0) is 30.0. The van der Waals surface area contributed by atoms with Crippen LogP contribution in [-0.2, 0) is 33.3 Å². The van der Waals surface area contributed by atoms with Gasteiger partial charge in [-0.15, -0.1) is 0 Å². The number of methoxy groups -OCH3 is 1. The highest BCUT2D eigenvalue weighted by Crippen LogP contribution is 2.34. The molecule has 0 radical (unpaired) electrons. The summed E-state index contributed by atoms with van der Waals surface area (Å²) < 4.78 is 22.8. The number of aliphatic hydroxyl groups is 1. The first-order valence-corrected chi connectivity index (χ1v) is 13.8. The summed E-state index contributed by atoms with van der Waals surface area (Å²) in [5.74, 6) is 4.43. The molecule has 2 amide bonds. The Morgan fingerprint density at radius 1 is 1.20 bits per heavy atom. The van der Waals surface area contributed by atoms with Crippen molar-refractivity contribution in [2.24, 2.45) is 11.8 Å². The Labute approximate surface area is 237 Å². The predicted molar refractivity (Wildman–Crippen MR) is 150 cm³/mol. The van der Waals surface area contributed by atoms with Crippen LogP contribution in [0.3, 0.4) is 0 Å². The minimum atomic E-state index is -0.909. The number of esters is 1. The number of hydrogen-bond acceptors (Lipinski definition) is 9. The Kier molecular flexibility index (Phi) is 13.0. The van der Waals surface area contributed by atoms with Crippen LogP contribution < -0.4 is 16.6 Å². The molecule has 9 atom stereocenters. The number of amides is 2. The molecule has 0 bridgehead atoms. The van der Waals surface area contributed by atoms with Gasteiger partial charge in [-0.3, -0.25) is 19.8 Å². The average Bonchev–Trinajstić information content (AvgIpc) is 2.89. The largest absolute Gasteiger partial charge is 0.459 e. The van der Waals surface area contributed by atoms with E-state index in [0.29, 0.717) is 12.8 Å². The van der Waals surface area contributed by atoms with E-state index in [0.717, 1.165) is 12.0 Å². The molecule has 2 heterocycles. The van der Waals surface area contributed by atoms with E-state index in [9.17, 15) is 19.5 Å². The van der Waals surface area contributed by atoms with Crippen LogP contribution in [-0.4, -0.2) is 78.3 Å². The van der Waals surface area contributed by atoms with Crippen LogP contribution in [0.1, 0.15) is 67.2 Å². The standard InChI is InChI=1S/C29H47N3O8/c1-17(9-12-25-28(36)29(6,37-7)16-22(40-25)15-27(35)32-30)8-11-24-18(2)14-23(20(4)39-24)31-26(34)13-10-19(3)38-21(5)33/h8-10,12-13,18-20,22-25,28,36H,11,14-16,30H2,1-7H3,(H,31,34)(H,32,35)/b12-9+,13-10-,17-8+/t18?,19?,20?,22-,23?,24+,25?,28-,29?/m1/s1. The molecule has 11 nitrogen and oxygen atoms in total. The normalized spacial score (nSPS) is 34.0. The first kappa shape index (κ1) is 33.6. The monoisotopic (exact) mass is 565 g/mol. The van der Waals surface area contributed by atoms with Gasteiger partial charge in [-0.05, 0) is 52.5 Å². The van der Waals surface area contributed by atoms with E-state index in [4.69, 9.17) is 24.8 Å². The Morgan fingerprint density at radius 3 is 2.52 bits per heavy atom. The molecule has 2 rings (SSSR count). The molecular weight excluding hydrogens is 518 g/mol. The van der Waals surface area contributed by atoms with Crippen LogP contribution >= 0.6 is 0 Å². The molecule has 0 aliphatic carbocycles. The molecule has 0 aromatic carbocycles. The third-order valence-corrected chi connectivity index (χ3v) is 7.60. The zero-order valence-electron chi connectivity index (χ0n) is 24.7. The number of rotatable bonds is 11. The first-order valence-electron chi connectivity index (χ1n) is 13.8. The molecule has 5 N–H and O–H groups in total. The number of ether oxygens (including phenoxy) is 4. The van der Waals surface area contributed by atoms with Gasteiger partial charge in [0, 0.05) is 26.5 Å². The highest BCUT2D eigenvalue weighted by molar-refractivity contribution is 5.87. The molecule has 0 saturated carbocycles. The Hall–Kier alpha value is -2.57. The van der Waals surface area contributed by atoms with Gasteiger partial charge in [-0.1, -0.05) is 30.7 Å². The number of hydrazine groups is 1. The molecular formula is C29H47N3O8. The van der Waals surface area contributed by atoms with Crippen molar-refractivity contribution in [2.75, 3.05) is 7.11 Å². The highest BCUT2D eigenvalue weighted by Gasteiger charge is 2.46. The Morgan fingerprint density at radius 2 is 1.90 bits per heavy atom. The van der Waals surface area contributed by atoms with Gasteiger partial charge >= 0.3 is 5.97 Å². The molecule has 11 heteroatoms. The first-order chi connectivity index (χ1) is 18.8. The molecule has 226 valence electrons. The molecule has 2 aliphatic rings. The van der Waals surface area contributed by atoms with Gasteiger partial charge < -0.3 is 29.4 Å². The number of nitrogens with two attached hydrogens (primary N) is 1. The lowest BCUT2D eigenvalue weighted by molar-refractivity contribution is -0.207. The minimum Gasteiger partial charge on any atom is -0.459 e. The maximum atomic E-state index is 12.4. The number of carbonyl (C=O) groups is 3. The fourth-order valence-corrected chi connectivity index (χ4v) is 5.09. The molecule has 40 heavy (non-hydrogen) atoms. The molecule has 2 aliphatic heterocycles. The van der Waals surface area contributed by atoms with E-state index in [1.807, 2.05) is 19.9 Å². The van der Waals surface area contributed by atoms with Gasteiger partial charge in [0.15, 0.2) is 0 Å². The van der Waals surface area contributed by atoms with E-state index in [-0.39, 0.29) is 42.4 Å². The SMILES string of the molecule is COC1(C)C[C@@H](CC(=O)NN)OC(/C=C/C(C)=C/C[C@@H]2OC(C)C(NC(=O)/C=C\C(C)OC(C)=O)CC2C)[C@H]1O. The van der Waals surface area contributed by atoms with Gasteiger partial charge in [0.2, 0.25) is 11.8 Å². The molecule has 2 fully saturated rings. The fraction of sp³-hybridized carbons (Fsp3) is 0.690. The van der Waals surface area contributed by atoms with Crippen LogP contribution in [0.25, 0.3) is 0 Å². The van der Waals surface area contributed by atoms with Crippen molar-refractivity contribution in [1.29, 1.82) is 0 Å². The van der Waals surface area contributed by atoms with Gasteiger partial charge in [-0.25, -0.2) is 5.84 Å². The van der Waals surface area contributed by atoms with Crippen molar-refractivity contribution >= 4 is 17.8 Å². The number of hydrogen-bond donors (Lipinski definition) is 4. The van der Waals surface area contributed by atoms with Crippen molar-refractivity contribution < 1.29 is 38.4 Å². The number of nitrogens with one attached hydrogen (secondary N) is 2. The van der Waals surface area contributed by atoms with Crippen LogP contribution in [0, 0.1) is 5.92 Å². The van der Waals surface area contributed by atoms with Crippen LogP contribution in [0.4, 0.5) is 0 Å². The summed E-state index contributed by atoms with van der Waals surface area (Å²) in [6, 6.07) is -0.133. The minimum absolute atomic E-state index is 0.0153. The highest BCUT2D eigenvalue weighted by atomic mass is 16.5. The second-order valence-electron chi connectivity index (χ2n) is 11.1. The lowest BCUT2D eigenvalue weighted by Crippen LogP contribution is -2.56. The molecule has 2 saturated heterocycles. The maximum absolute atomic E-state index is 12.4. The fourth-order valence-electron chi connectivity index (χ4n) is 5.09.